The molecule has 0 radical (unpaired) electrons. The molecule has 0 amide bonds. The van der Waals surface area contributed by atoms with E-state index in [0.717, 1.165) is 166 Å². The molecule has 20 aromatic rings. The second-order valence-electron chi connectivity index (χ2n) is 29.3. The van der Waals surface area contributed by atoms with Gasteiger partial charge >= 0.3 is 0 Å². The molecule has 0 aliphatic carbocycles. The Labute approximate surface area is 638 Å². The molecule has 110 heavy (non-hydrogen) atoms. The summed E-state index contributed by atoms with van der Waals surface area (Å²) in [6.45, 7) is 21.9. The van der Waals surface area contributed by atoms with Crippen LogP contribution in [0.3, 0.4) is 0 Å². The van der Waals surface area contributed by atoms with Gasteiger partial charge in [0.05, 0.1) is 11.4 Å². The minimum Gasteiger partial charge on any atom is -0.455 e. The number of hydrogen-bond acceptors (Lipinski definition) is 12. The highest BCUT2D eigenvalue weighted by molar-refractivity contribution is 6.12. The van der Waals surface area contributed by atoms with Gasteiger partial charge in [-0.2, -0.15) is 0 Å². The maximum Gasteiger partial charge on any atom is 0.161 e. The van der Waals surface area contributed by atoms with Crippen molar-refractivity contribution in [1.82, 2.24) is 34.9 Å². The molecule has 12 aromatic heterocycles. The van der Waals surface area contributed by atoms with Crippen molar-refractivity contribution >= 4 is 110 Å². The smallest absolute Gasteiger partial charge is 0.161 e. The van der Waals surface area contributed by atoms with Crippen molar-refractivity contribution in [2.45, 2.75) is 98.8 Å². The molecule has 0 aliphatic rings. The van der Waals surface area contributed by atoms with Gasteiger partial charge in [-0.25, -0.2) is 0 Å². The van der Waals surface area contributed by atoms with E-state index in [2.05, 4.69) is 232 Å². The lowest BCUT2D eigenvalue weighted by molar-refractivity contribution is 0.668. The van der Waals surface area contributed by atoms with Crippen LogP contribution in [0.4, 0.5) is 0 Å². The molecule has 0 fully saturated rings. The first kappa shape index (κ1) is 71.1. The normalized spacial score (nSPS) is 11.6. The van der Waals surface area contributed by atoms with Gasteiger partial charge in [-0.05, 0) is 153 Å². The molecule has 0 saturated heterocycles. The molecule has 0 atom stereocenters. The van der Waals surface area contributed by atoms with E-state index < -0.39 is 0 Å². The Bertz CT molecular complexity index is 5690. The zero-order valence-electron chi connectivity index (χ0n) is 63.3. The average molecular weight is 1440 g/mol. The van der Waals surface area contributed by atoms with Gasteiger partial charge in [0.2, 0.25) is 0 Å². The molecule has 0 saturated carbocycles. The number of benzene rings is 8. The number of pyridine rings is 7. The van der Waals surface area contributed by atoms with E-state index in [1.165, 1.54) is 27.8 Å². The molecule has 8 aromatic carbocycles. The first-order valence-electron chi connectivity index (χ1n) is 37.7. The van der Waals surface area contributed by atoms with Crippen molar-refractivity contribution in [2.24, 2.45) is 0 Å². The van der Waals surface area contributed by atoms with Crippen LogP contribution in [0.15, 0.2) is 315 Å². The van der Waals surface area contributed by atoms with Gasteiger partial charge in [-0.3, -0.25) is 34.9 Å². The van der Waals surface area contributed by atoms with Crippen LogP contribution >= 0.6 is 0 Å². The van der Waals surface area contributed by atoms with Crippen molar-refractivity contribution in [2.75, 3.05) is 0 Å². The highest BCUT2D eigenvalue weighted by atomic mass is 16.3. The summed E-state index contributed by atoms with van der Waals surface area (Å²) in [6.07, 6.45) is 18.7. The third-order valence-corrected chi connectivity index (χ3v) is 20.5. The Balaban J connectivity index is 0.000000104. The molecule has 0 N–H and O–H groups in total. The Morgan fingerprint density at radius 3 is 1.08 bits per heavy atom. The number of furan rings is 5. The summed E-state index contributed by atoms with van der Waals surface area (Å²) in [5.74, 6) is 2.57. The number of fused-ring (bicyclic) bond motifs is 15. The lowest BCUT2D eigenvalue weighted by atomic mass is 9.99. The third-order valence-electron chi connectivity index (χ3n) is 20.5. The summed E-state index contributed by atoms with van der Waals surface area (Å²) in [5, 5.41) is 8.59. The molecule has 12 nitrogen and oxygen atoms in total. The van der Waals surface area contributed by atoms with E-state index in [4.69, 9.17) is 22.1 Å². The predicted octanol–water partition coefficient (Wildman–Crippen LogP) is 27.6. The van der Waals surface area contributed by atoms with Gasteiger partial charge < -0.3 is 22.1 Å². The minimum absolute atomic E-state index is 0.479. The van der Waals surface area contributed by atoms with Crippen molar-refractivity contribution in [3.05, 3.63) is 320 Å². The fourth-order valence-electron chi connectivity index (χ4n) is 14.1. The van der Waals surface area contributed by atoms with E-state index in [-0.39, 0.29) is 0 Å². The fourth-order valence-corrected chi connectivity index (χ4v) is 14.1. The van der Waals surface area contributed by atoms with Crippen LogP contribution in [0.2, 0.25) is 0 Å². The molecule has 0 unspecified atom stereocenters. The van der Waals surface area contributed by atoms with Crippen LogP contribution in [0.1, 0.15) is 127 Å². The maximum absolute atomic E-state index is 6.08. The number of rotatable bonds is 10. The quantitative estimate of drug-likeness (QED) is 0.128. The molecule has 0 aliphatic heterocycles. The highest BCUT2D eigenvalue weighted by Gasteiger charge is 2.20. The molecular formula is C98H83N7O5. The molecule has 0 spiro atoms. The summed E-state index contributed by atoms with van der Waals surface area (Å²) < 4.78 is 30.3. The van der Waals surface area contributed by atoms with Crippen LogP contribution < -0.4 is 0 Å². The number of nitrogens with zero attached hydrogens (tertiary/aromatic N) is 7. The van der Waals surface area contributed by atoms with Crippen LogP contribution in [0, 0.1) is 0 Å². The Hall–Kier alpha value is -13.2. The fraction of sp³-hybridized carbons (Fsp3) is 0.153. The SMILES string of the molecule is CC(C)c1ccc(-c2cccc3c2oc2cccnc23)nc1.CC(C)c1ccc(-c2cccc3c2oc2ccncc23)nc1.CC(C)c1ccc(-c2ccnc3c2oc2ccccc23)cc1.CC(C)c1ccc(-c2cncc3c2oc2ccccc23)cc1.CC(C)c1ccc(-c2cncc3c2oc2ccccc23)cc1. The van der Waals surface area contributed by atoms with Gasteiger partial charge in [0.15, 0.2) is 11.2 Å². The molecule has 20 rings (SSSR count). The van der Waals surface area contributed by atoms with Crippen LogP contribution in [0.5, 0.6) is 0 Å². The van der Waals surface area contributed by atoms with Crippen molar-refractivity contribution < 1.29 is 22.1 Å². The van der Waals surface area contributed by atoms with Gasteiger partial charge in [0, 0.05) is 133 Å². The Morgan fingerprint density at radius 1 is 0.209 bits per heavy atom. The predicted molar refractivity (Wildman–Crippen MR) is 451 cm³/mol. The Kier molecular flexibility index (Phi) is 20.0. The topological polar surface area (TPSA) is 156 Å². The van der Waals surface area contributed by atoms with E-state index >= 15 is 0 Å². The molecule has 540 valence electrons. The summed E-state index contributed by atoms with van der Waals surface area (Å²) in [7, 11) is 0. The number of aromatic nitrogens is 7. The first-order valence-corrected chi connectivity index (χ1v) is 37.7. The lowest BCUT2D eigenvalue weighted by Crippen LogP contribution is -1.90. The molecule has 12 heterocycles. The summed E-state index contributed by atoms with van der Waals surface area (Å²) in [6, 6.07) is 78.7. The lowest BCUT2D eigenvalue weighted by Gasteiger charge is -2.07. The second-order valence-corrected chi connectivity index (χ2v) is 29.3. The largest absolute Gasteiger partial charge is 0.455 e. The van der Waals surface area contributed by atoms with Crippen LogP contribution in [-0.2, 0) is 0 Å². The summed E-state index contributed by atoms with van der Waals surface area (Å²) in [5.41, 5.74) is 27.6. The van der Waals surface area contributed by atoms with E-state index in [9.17, 15) is 0 Å². The van der Waals surface area contributed by atoms with Gasteiger partial charge in [-0.1, -0.05) is 221 Å². The zero-order valence-corrected chi connectivity index (χ0v) is 63.3. The second kappa shape index (κ2) is 31.0. The third kappa shape index (κ3) is 14.3. The Morgan fingerprint density at radius 2 is 0.591 bits per heavy atom. The van der Waals surface area contributed by atoms with Gasteiger partial charge in [-0.15, -0.1) is 0 Å². The van der Waals surface area contributed by atoms with Crippen LogP contribution in [0.25, 0.3) is 166 Å². The van der Waals surface area contributed by atoms with E-state index in [1.807, 2.05) is 153 Å². The van der Waals surface area contributed by atoms with E-state index in [0.29, 0.717) is 29.6 Å². The summed E-state index contributed by atoms with van der Waals surface area (Å²) in [4.78, 5) is 31.2. The molecule has 12 heteroatoms. The summed E-state index contributed by atoms with van der Waals surface area (Å²) >= 11 is 0. The van der Waals surface area contributed by atoms with Gasteiger partial charge in [0.25, 0.3) is 0 Å². The van der Waals surface area contributed by atoms with Crippen molar-refractivity contribution in [1.29, 1.82) is 0 Å². The number of para-hydroxylation sites is 5. The average Bonchev–Trinajstić information content (AvgIpc) is 1.64. The standard InChI is InChI=1S/3C20H17NO.2C19H16N2O/c2*1-13(2)14-7-9-15(10-8-14)17-11-21-12-18-16-5-3-4-6-19(16)22-20(17)18;1-13(2)14-7-9-15(10-8-14)16-11-12-21-19-17-5-3-4-6-18(17)22-20(16)19;1-12(2)13-8-9-16(21-11-13)14-5-3-6-15-18-17(22-19(14)15)7-4-10-20-18;1-12(2)13-6-7-17(21-10-13)15-5-3-4-14-16-11-20-9-8-18(16)22-19(14)15/h3*3-13H,1-2H3;2*3-12H,1-2H3. The highest BCUT2D eigenvalue weighted by Crippen LogP contribution is 2.41. The first-order chi connectivity index (χ1) is 53.7. The monoisotopic (exact) mass is 1440 g/mol. The molecule has 0 bridgehead atoms. The number of hydrogen-bond donors (Lipinski definition) is 0. The maximum atomic E-state index is 6.08. The van der Waals surface area contributed by atoms with Crippen molar-refractivity contribution in [3.63, 3.8) is 0 Å². The van der Waals surface area contributed by atoms with Crippen LogP contribution in [-0.4, -0.2) is 34.9 Å². The van der Waals surface area contributed by atoms with Crippen molar-refractivity contribution in [3.8, 4) is 55.9 Å². The van der Waals surface area contributed by atoms with E-state index in [1.54, 1.807) is 12.4 Å². The zero-order chi connectivity index (χ0) is 75.5. The van der Waals surface area contributed by atoms with Gasteiger partial charge in [0.1, 0.15) is 55.7 Å². The minimum atomic E-state index is 0.479. The molecular weight excluding hydrogens is 1360 g/mol.